The van der Waals surface area contributed by atoms with Gasteiger partial charge in [-0.15, -0.1) is 0 Å². The van der Waals surface area contributed by atoms with Gasteiger partial charge in [0.1, 0.15) is 18.2 Å². The lowest BCUT2D eigenvalue weighted by Gasteiger charge is -2.23. The fourth-order valence-electron chi connectivity index (χ4n) is 3.71. The largest absolute Gasteiger partial charge is 0.464 e. The van der Waals surface area contributed by atoms with Crippen LogP contribution in [0.2, 0.25) is 0 Å². The summed E-state index contributed by atoms with van der Waals surface area (Å²) in [6, 6.07) is 14.8. The summed E-state index contributed by atoms with van der Waals surface area (Å²) in [4.78, 5) is 52.6. The van der Waals surface area contributed by atoms with E-state index in [0.717, 1.165) is 16.0 Å². The molecule has 2 amide bonds. The number of esters is 2. The van der Waals surface area contributed by atoms with Crippen molar-refractivity contribution in [3.8, 4) is 0 Å². The molecule has 0 aromatic heterocycles. The molecule has 3 atom stereocenters. The zero-order valence-corrected chi connectivity index (χ0v) is 20.9. The predicted octanol–water partition coefficient (Wildman–Crippen LogP) is 3.01. The van der Waals surface area contributed by atoms with Crippen LogP contribution in [-0.2, 0) is 41.6 Å². The second-order valence-corrected chi connectivity index (χ2v) is 9.37. The fraction of sp³-hybridized carbons (Fsp3) is 0.407. The van der Waals surface area contributed by atoms with Gasteiger partial charge in [-0.2, -0.15) is 0 Å². The summed E-state index contributed by atoms with van der Waals surface area (Å²) in [7, 11) is 0. The second-order valence-electron chi connectivity index (χ2n) is 9.37. The van der Waals surface area contributed by atoms with E-state index in [1.54, 1.807) is 39.8 Å². The monoisotopic (exact) mass is 496 g/mol. The number of ether oxygens (including phenoxy) is 3. The molecule has 1 saturated heterocycles. The van der Waals surface area contributed by atoms with Crippen molar-refractivity contribution in [1.82, 2.24) is 10.2 Å². The molecule has 1 heterocycles. The van der Waals surface area contributed by atoms with E-state index in [-0.39, 0.29) is 19.6 Å². The number of hydrogen-bond acceptors (Lipinski definition) is 7. The minimum atomic E-state index is -1.14. The molecule has 36 heavy (non-hydrogen) atoms. The van der Waals surface area contributed by atoms with Gasteiger partial charge >= 0.3 is 18.0 Å². The third kappa shape index (κ3) is 7.31. The molecule has 2 aromatic carbocycles. The normalized spacial score (nSPS) is 17.5. The Labute approximate surface area is 210 Å². The minimum Gasteiger partial charge on any atom is -0.464 e. The van der Waals surface area contributed by atoms with Crippen molar-refractivity contribution >= 4 is 23.9 Å². The van der Waals surface area contributed by atoms with Crippen LogP contribution in [0.5, 0.6) is 0 Å². The van der Waals surface area contributed by atoms with Gasteiger partial charge in [0.2, 0.25) is 5.91 Å². The molecule has 9 heteroatoms. The lowest BCUT2D eigenvalue weighted by molar-refractivity contribution is -0.148. The smallest absolute Gasteiger partial charge is 0.408 e. The van der Waals surface area contributed by atoms with Crippen molar-refractivity contribution in [2.75, 3.05) is 6.61 Å². The van der Waals surface area contributed by atoms with E-state index in [0.29, 0.717) is 0 Å². The van der Waals surface area contributed by atoms with Crippen molar-refractivity contribution in [2.24, 2.45) is 0 Å². The number of hydrogen-bond donors (Lipinski definition) is 1. The van der Waals surface area contributed by atoms with Gasteiger partial charge < -0.3 is 24.4 Å². The second kappa shape index (κ2) is 11.7. The van der Waals surface area contributed by atoms with Crippen LogP contribution in [0.3, 0.4) is 0 Å². The highest BCUT2D eigenvalue weighted by Crippen LogP contribution is 2.32. The Morgan fingerprint density at radius 1 is 0.861 bits per heavy atom. The number of rotatable bonds is 9. The third-order valence-electron chi connectivity index (χ3n) is 5.33. The van der Waals surface area contributed by atoms with E-state index in [1.165, 1.54) is 0 Å². The van der Waals surface area contributed by atoms with E-state index >= 15 is 0 Å². The lowest BCUT2D eigenvalue weighted by Crippen LogP contribution is -2.48. The first-order chi connectivity index (χ1) is 17.1. The van der Waals surface area contributed by atoms with Gasteiger partial charge in [-0.05, 0) is 38.8 Å². The summed E-state index contributed by atoms with van der Waals surface area (Å²) in [6.45, 7) is 6.85. The summed E-state index contributed by atoms with van der Waals surface area (Å²) in [5.74, 6) is -2.03. The topological polar surface area (TPSA) is 111 Å². The van der Waals surface area contributed by atoms with Gasteiger partial charge in [0.25, 0.3) is 0 Å². The molecule has 1 N–H and O–H groups in total. The standard InChI is InChI=1S/C27H32N2O7/c1-5-34-24(31)21-22(25(32)35-17-19-14-10-7-11-15-19)29(21)23(30)20(16-18-12-8-6-9-13-18)28-26(33)36-27(2,3)4/h6-15,20-22H,5,16-17H2,1-4H3,(H,28,33)/t20-,21-,22-,29?/m0/s1. The zero-order valence-electron chi connectivity index (χ0n) is 20.9. The maximum absolute atomic E-state index is 13.6. The highest BCUT2D eigenvalue weighted by molar-refractivity contribution is 6.02. The average molecular weight is 497 g/mol. The van der Waals surface area contributed by atoms with Gasteiger partial charge in [0, 0.05) is 6.42 Å². The van der Waals surface area contributed by atoms with E-state index < -0.39 is 47.7 Å². The quantitative estimate of drug-likeness (QED) is 0.323. The third-order valence-corrected chi connectivity index (χ3v) is 5.33. The highest BCUT2D eigenvalue weighted by atomic mass is 16.6. The van der Waals surface area contributed by atoms with E-state index in [9.17, 15) is 19.2 Å². The van der Waals surface area contributed by atoms with Crippen LogP contribution in [0, 0.1) is 0 Å². The van der Waals surface area contributed by atoms with Crippen LogP contribution in [-0.4, -0.2) is 59.2 Å². The number of benzene rings is 2. The fourth-order valence-corrected chi connectivity index (χ4v) is 3.71. The number of nitrogens with zero attached hydrogens (tertiary/aromatic N) is 1. The van der Waals surface area contributed by atoms with E-state index in [4.69, 9.17) is 14.2 Å². The average Bonchev–Trinajstić information content (AvgIpc) is 3.58. The molecule has 0 aliphatic carbocycles. The van der Waals surface area contributed by atoms with Crippen LogP contribution in [0.25, 0.3) is 0 Å². The molecule has 0 bridgehead atoms. The molecule has 0 radical (unpaired) electrons. The van der Waals surface area contributed by atoms with Gasteiger partial charge in [-0.25, -0.2) is 14.4 Å². The Morgan fingerprint density at radius 2 is 1.39 bits per heavy atom. The first kappa shape index (κ1) is 26.7. The first-order valence-electron chi connectivity index (χ1n) is 11.8. The molecular weight excluding hydrogens is 464 g/mol. The maximum Gasteiger partial charge on any atom is 0.408 e. The highest BCUT2D eigenvalue weighted by Gasteiger charge is 2.62. The number of alkyl carbamates (subject to hydrolysis) is 1. The Kier molecular flexibility index (Phi) is 8.68. The van der Waals surface area contributed by atoms with Crippen LogP contribution >= 0.6 is 0 Å². The lowest BCUT2D eigenvalue weighted by atomic mass is 10.1. The molecule has 2 aromatic rings. The number of carbonyl (C=O) groups is 4. The van der Waals surface area contributed by atoms with Gasteiger partial charge in [-0.3, -0.25) is 4.79 Å². The van der Waals surface area contributed by atoms with Crippen LogP contribution < -0.4 is 5.32 Å². The van der Waals surface area contributed by atoms with Crippen LogP contribution in [0.1, 0.15) is 38.8 Å². The SMILES string of the molecule is CCOC(=O)[C@@H]1[C@@H](C(=O)OCc2ccccc2)N1C(=O)[C@H](Cc1ccccc1)NC(=O)OC(C)(C)C. The van der Waals surface area contributed by atoms with Gasteiger partial charge in [0.05, 0.1) is 6.61 Å². The molecule has 0 spiro atoms. The molecular formula is C27H32N2O7. The molecule has 0 unspecified atom stereocenters. The van der Waals surface area contributed by atoms with Crippen molar-refractivity contribution in [3.05, 3.63) is 71.8 Å². The molecule has 1 fully saturated rings. The summed E-state index contributed by atoms with van der Waals surface area (Å²) < 4.78 is 15.8. The van der Waals surface area contributed by atoms with Crippen molar-refractivity contribution in [3.63, 3.8) is 0 Å². The van der Waals surface area contributed by atoms with E-state index in [2.05, 4.69) is 5.32 Å². The molecule has 192 valence electrons. The summed E-state index contributed by atoms with van der Waals surface area (Å²) >= 11 is 0. The first-order valence-corrected chi connectivity index (χ1v) is 11.8. The van der Waals surface area contributed by atoms with Crippen molar-refractivity contribution in [1.29, 1.82) is 0 Å². The Hall–Kier alpha value is -3.88. The predicted molar refractivity (Wildman–Crippen MR) is 131 cm³/mol. The van der Waals surface area contributed by atoms with Crippen molar-refractivity contribution in [2.45, 2.75) is 64.4 Å². The van der Waals surface area contributed by atoms with Crippen LogP contribution in [0.15, 0.2) is 60.7 Å². The van der Waals surface area contributed by atoms with Crippen LogP contribution in [0.4, 0.5) is 4.79 Å². The summed E-state index contributed by atoms with van der Waals surface area (Å²) in [5, 5.41) is 2.60. The maximum atomic E-state index is 13.6. The summed E-state index contributed by atoms with van der Waals surface area (Å²) in [6.07, 6.45) is -0.647. The Bertz CT molecular complexity index is 1070. The van der Waals surface area contributed by atoms with E-state index in [1.807, 2.05) is 48.5 Å². The number of amides is 2. The molecule has 0 saturated carbocycles. The number of nitrogens with one attached hydrogen (secondary N) is 1. The van der Waals surface area contributed by atoms with Gasteiger partial charge in [-0.1, -0.05) is 60.7 Å². The minimum absolute atomic E-state index is 0.00263. The molecule has 1 aliphatic heterocycles. The Balaban J connectivity index is 1.79. The number of carbonyl (C=O) groups excluding carboxylic acids is 4. The van der Waals surface area contributed by atoms with Crippen molar-refractivity contribution < 1.29 is 33.4 Å². The molecule has 1 aliphatic rings. The van der Waals surface area contributed by atoms with Gasteiger partial charge in [0.15, 0.2) is 12.1 Å². The summed E-state index contributed by atoms with van der Waals surface area (Å²) in [5.41, 5.74) is 0.775. The molecule has 9 nitrogen and oxygen atoms in total. The molecule has 3 rings (SSSR count). The zero-order chi connectivity index (χ0) is 26.3. The Morgan fingerprint density at radius 3 is 1.92 bits per heavy atom.